The summed E-state index contributed by atoms with van der Waals surface area (Å²) < 4.78 is 2.16. The minimum atomic E-state index is 0.621. The molecule has 0 unspecified atom stereocenters. The summed E-state index contributed by atoms with van der Waals surface area (Å²) in [6.45, 7) is 6.27. The number of hydrogen-bond acceptors (Lipinski definition) is 3. The molecule has 0 aliphatic carbocycles. The molecule has 2 aromatic rings. The van der Waals surface area contributed by atoms with Gasteiger partial charge in [-0.3, -0.25) is 4.98 Å². The van der Waals surface area contributed by atoms with Crippen LogP contribution in [0, 0.1) is 5.92 Å². The molecule has 1 N–H and O–H groups in total. The van der Waals surface area contributed by atoms with Crippen molar-refractivity contribution in [3.8, 4) is 0 Å². The normalized spacial score (nSPS) is 10.8. The highest BCUT2D eigenvalue weighted by Gasteiger charge is 2.03. The van der Waals surface area contributed by atoms with Crippen LogP contribution in [0.2, 0.25) is 0 Å². The van der Waals surface area contributed by atoms with Crippen LogP contribution in [-0.2, 0) is 13.0 Å². The van der Waals surface area contributed by atoms with Gasteiger partial charge in [0.1, 0.15) is 0 Å². The maximum Gasteiger partial charge on any atom is 0.202 e. The van der Waals surface area contributed by atoms with E-state index in [-0.39, 0.29) is 0 Å². The van der Waals surface area contributed by atoms with Crippen molar-refractivity contribution in [1.82, 2.24) is 14.5 Å². The van der Waals surface area contributed by atoms with Crippen molar-refractivity contribution in [3.63, 3.8) is 0 Å². The van der Waals surface area contributed by atoms with Gasteiger partial charge in [0.2, 0.25) is 5.95 Å². The van der Waals surface area contributed by atoms with E-state index in [0.29, 0.717) is 5.92 Å². The van der Waals surface area contributed by atoms with Crippen molar-refractivity contribution in [2.45, 2.75) is 26.8 Å². The Morgan fingerprint density at radius 1 is 1.22 bits per heavy atom. The minimum Gasteiger partial charge on any atom is -0.355 e. The van der Waals surface area contributed by atoms with Gasteiger partial charge in [0, 0.05) is 37.9 Å². The second kappa shape index (κ2) is 6.19. The third kappa shape index (κ3) is 3.58. The summed E-state index contributed by atoms with van der Waals surface area (Å²) in [6.07, 6.45) is 8.52. The fourth-order valence-electron chi connectivity index (χ4n) is 1.75. The van der Waals surface area contributed by atoms with Crippen molar-refractivity contribution in [2.75, 3.05) is 11.9 Å². The lowest BCUT2D eigenvalue weighted by Gasteiger charge is -2.11. The van der Waals surface area contributed by atoms with Gasteiger partial charge in [-0.25, -0.2) is 4.98 Å². The van der Waals surface area contributed by atoms with Crippen LogP contribution in [0.1, 0.15) is 19.4 Å². The highest BCUT2D eigenvalue weighted by atomic mass is 15.2. The van der Waals surface area contributed by atoms with Crippen molar-refractivity contribution >= 4 is 5.95 Å². The maximum atomic E-state index is 4.34. The van der Waals surface area contributed by atoms with E-state index in [1.165, 1.54) is 5.56 Å². The molecule has 0 aliphatic heterocycles. The van der Waals surface area contributed by atoms with Gasteiger partial charge in [0.15, 0.2) is 0 Å². The number of imidazole rings is 1. The topological polar surface area (TPSA) is 42.7 Å². The molecule has 0 aliphatic rings. The Bertz CT molecular complexity index is 462. The summed E-state index contributed by atoms with van der Waals surface area (Å²) in [7, 11) is 0. The standard InChI is InChI=1S/C14H20N4/c1-12(2)11-17-14-16-8-10-18(14)9-5-13-3-6-15-7-4-13/h3-4,6-8,10,12H,5,9,11H2,1-2H3,(H,16,17). The van der Waals surface area contributed by atoms with Crippen LogP contribution < -0.4 is 5.32 Å². The lowest BCUT2D eigenvalue weighted by Crippen LogP contribution is -2.13. The van der Waals surface area contributed by atoms with Gasteiger partial charge < -0.3 is 9.88 Å². The Balaban J connectivity index is 1.91. The molecule has 0 saturated heterocycles. The molecule has 0 aromatic carbocycles. The zero-order valence-corrected chi connectivity index (χ0v) is 11.0. The third-order valence-corrected chi connectivity index (χ3v) is 2.77. The number of nitrogens with one attached hydrogen (secondary N) is 1. The summed E-state index contributed by atoms with van der Waals surface area (Å²) in [5, 5.41) is 3.37. The molecule has 0 amide bonds. The molecular formula is C14H20N4. The van der Waals surface area contributed by atoms with Gasteiger partial charge in [-0.1, -0.05) is 13.8 Å². The summed E-state index contributed by atoms with van der Waals surface area (Å²) >= 11 is 0. The fourth-order valence-corrected chi connectivity index (χ4v) is 1.75. The molecule has 0 saturated carbocycles. The van der Waals surface area contributed by atoms with Crippen LogP contribution in [0.3, 0.4) is 0 Å². The summed E-state index contributed by atoms with van der Waals surface area (Å²) in [5.74, 6) is 1.58. The average molecular weight is 244 g/mol. The number of anilines is 1. The van der Waals surface area contributed by atoms with Crippen LogP contribution in [0.15, 0.2) is 36.9 Å². The smallest absolute Gasteiger partial charge is 0.202 e. The van der Waals surface area contributed by atoms with Crippen molar-refractivity contribution in [1.29, 1.82) is 0 Å². The largest absolute Gasteiger partial charge is 0.355 e. The molecule has 4 heteroatoms. The molecule has 0 bridgehead atoms. The van der Waals surface area contributed by atoms with E-state index in [4.69, 9.17) is 0 Å². The number of aromatic nitrogens is 3. The molecule has 18 heavy (non-hydrogen) atoms. The zero-order chi connectivity index (χ0) is 12.8. The Hall–Kier alpha value is -1.84. The van der Waals surface area contributed by atoms with Gasteiger partial charge in [-0.15, -0.1) is 0 Å². The van der Waals surface area contributed by atoms with E-state index in [9.17, 15) is 0 Å². The van der Waals surface area contributed by atoms with Gasteiger partial charge in [-0.05, 0) is 30.0 Å². The van der Waals surface area contributed by atoms with E-state index >= 15 is 0 Å². The van der Waals surface area contributed by atoms with Crippen LogP contribution in [-0.4, -0.2) is 21.1 Å². The van der Waals surface area contributed by atoms with Crippen molar-refractivity contribution in [2.24, 2.45) is 5.92 Å². The van der Waals surface area contributed by atoms with Crippen LogP contribution in [0.25, 0.3) is 0 Å². The molecule has 0 atom stereocenters. The van der Waals surface area contributed by atoms with Gasteiger partial charge >= 0.3 is 0 Å². The molecule has 4 nitrogen and oxygen atoms in total. The van der Waals surface area contributed by atoms with E-state index in [2.05, 4.69) is 45.8 Å². The van der Waals surface area contributed by atoms with Gasteiger partial charge in [-0.2, -0.15) is 0 Å². The monoisotopic (exact) mass is 244 g/mol. The SMILES string of the molecule is CC(C)CNc1nccn1CCc1ccncc1. The molecule has 2 rings (SSSR count). The molecule has 2 aromatic heterocycles. The maximum absolute atomic E-state index is 4.34. The molecule has 2 heterocycles. The van der Waals surface area contributed by atoms with Crippen molar-refractivity contribution in [3.05, 3.63) is 42.5 Å². The lowest BCUT2D eigenvalue weighted by molar-refractivity contribution is 0.660. The molecule has 0 fully saturated rings. The Morgan fingerprint density at radius 2 is 2.00 bits per heavy atom. The Labute approximate surface area is 108 Å². The zero-order valence-electron chi connectivity index (χ0n) is 11.0. The molecule has 0 spiro atoms. The fraction of sp³-hybridized carbons (Fsp3) is 0.429. The minimum absolute atomic E-state index is 0.621. The van der Waals surface area contributed by atoms with E-state index < -0.39 is 0 Å². The Kier molecular flexibility index (Phi) is 4.34. The number of hydrogen-bond donors (Lipinski definition) is 1. The first kappa shape index (κ1) is 12.6. The summed E-state index contributed by atoms with van der Waals surface area (Å²) in [5.41, 5.74) is 1.30. The predicted octanol–water partition coefficient (Wildman–Crippen LogP) is 2.59. The average Bonchev–Trinajstić information content (AvgIpc) is 2.82. The highest BCUT2D eigenvalue weighted by Crippen LogP contribution is 2.08. The van der Waals surface area contributed by atoms with Gasteiger partial charge in [0.25, 0.3) is 0 Å². The first-order chi connectivity index (χ1) is 8.75. The lowest BCUT2D eigenvalue weighted by atomic mass is 10.2. The Morgan fingerprint density at radius 3 is 2.72 bits per heavy atom. The number of pyridine rings is 1. The van der Waals surface area contributed by atoms with Crippen LogP contribution in [0.4, 0.5) is 5.95 Å². The van der Waals surface area contributed by atoms with E-state index in [1.54, 1.807) is 0 Å². The van der Waals surface area contributed by atoms with E-state index in [0.717, 1.165) is 25.5 Å². The first-order valence-corrected chi connectivity index (χ1v) is 6.39. The second-order valence-electron chi connectivity index (χ2n) is 4.82. The van der Waals surface area contributed by atoms with Gasteiger partial charge in [0.05, 0.1) is 0 Å². The summed E-state index contributed by atoms with van der Waals surface area (Å²) in [4.78, 5) is 8.37. The quantitative estimate of drug-likeness (QED) is 0.849. The second-order valence-corrected chi connectivity index (χ2v) is 4.82. The number of nitrogens with zero attached hydrogens (tertiary/aromatic N) is 3. The van der Waals surface area contributed by atoms with E-state index in [1.807, 2.05) is 24.8 Å². The van der Waals surface area contributed by atoms with Crippen LogP contribution in [0.5, 0.6) is 0 Å². The predicted molar refractivity (Wildman–Crippen MR) is 73.5 cm³/mol. The molecule has 96 valence electrons. The highest BCUT2D eigenvalue weighted by molar-refractivity contribution is 5.26. The number of rotatable bonds is 6. The first-order valence-electron chi connectivity index (χ1n) is 6.39. The number of aryl methyl sites for hydroxylation is 2. The van der Waals surface area contributed by atoms with Crippen LogP contribution >= 0.6 is 0 Å². The molecular weight excluding hydrogens is 224 g/mol. The third-order valence-electron chi connectivity index (χ3n) is 2.77. The summed E-state index contributed by atoms with van der Waals surface area (Å²) in [6, 6.07) is 4.11. The molecule has 0 radical (unpaired) electrons. The van der Waals surface area contributed by atoms with Crippen molar-refractivity contribution < 1.29 is 0 Å².